The molecule has 0 bridgehead atoms. The van der Waals surface area contributed by atoms with Crippen molar-refractivity contribution < 1.29 is 40.6 Å². The third-order valence-corrected chi connectivity index (χ3v) is 5.81. The van der Waals surface area contributed by atoms with Crippen LogP contribution in [0.2, 0.25) is 0 Å². The molecule has 0 fully saturated rings. The Kier molecular flexibility index (Phi) is 5.42. The van der Waals surface area contributed by atoms with E-state index in [4.69, 9.17) is 5.73 Å². The van der Waals surface area contributed by atoms with Crippen molar-refractivity contribution in [3.63, 3.8) is 0 Å². The number of hydrogen-bond acceptors (Lipinski definition) is 8. The van der Waals surface area contributed by atoms with Gasteiger partial charge in [-0.2, -0.15) is 18.3 Å². The number of aromatic amines is 1. The first kappa shape index (κ1) is 25.1. The number of imidazole rings is 1. The van der Waals surface area contributed by atoms with E-state index in [2.05, 4.69) is 34.8 Å². The zero-order chi connectivity index (χ0) is 28.4. The maximum Gasteiger partial charge on any atom is 0.586 e. The lowest BCUT2D eigenvalue weighted by Gasteiger charge is -2.11. The van der Waals surface area contributed by atoms with E-state index in [9.17, 15) is 26.7 Å². The molecule has 4 heterocycles. The van der Waals surface area contributed by atoms with Gasteiger partial charge in [0.25, 0.3) is 5.91 Å². The first-order valence-corrected chi connectivity index (χ1v) is 11.2. The summed E-state index contributed by atoms with van der Waals surface area (Å²) in [6, 6.07) is 6.20. The number of nitrogens with one attached hydrogen (secondary N) is 3. The molecule has 1 aliphatic heterocycles. The summed E-state index contributed by atoms with van der Waals surface area (Å²) in [5.74, 6) is -2.38. The Balaban J connectivity index is 1.33. The van der Waals surface area contributed by atoms with E-state index in [-0.39, 0.29) is 56.7 Å². The third-order valence-electron chi connectivity index (χ3n) is 5.81. The standard InChI is InChI=1S/C23H14F6N8O3/c24-11-3-9(17-10(20(38)31-7-22(25,26)27)6-37-18(17)19(30)32-8-33-37)1-2-12(11)34-21-35-13-4-15-16(5-14(13)36-21)40-23(28,29)39-15/h1-6,8H,7H2,(H,31,38)(H2,30,32,33)(H2,34,35,36). The molecule has 2 aromatic carbocycles. The molecule has 6 rings (SSSR count). The van der Waals surface area contributed by atoms with Crippen LogP contribution in [-0.4, -0.2) is 49.5 Å². The van der Waals surface area contributed by atoms with Crippen LogP contribution in [0.1, 0.15) is 10.4 Å². The second-order valence-corrected chi connectivity index (χ2v) is 8.54. The third kappa shape index (κ3) is 4.50. The highest BCUT2D eigenvalue weighted by Gasteiger charge is 2.43. The summed E-state index contributed by atoms with van der Waals surface area (Å²) in [5, 5.41) is 8.43. The molecule has 1 amide bonds. The summed E-state index contributed by atoms with van der Waals surface area (Å²) in [6.07, 6.45) is -6.21. The van der Waals surface area contributed by atoms with Gasteiger partial charge in [0.2, 0.25) is 5.95 Å². The summed E-state index contributed by atoms with van der Waals surface area (Å²) in [5.41, 5.74) is 6.35. The van der Waals surface area contributed by atoms with Crippen LogP contribution in [0.4, 0.5) is 43.8 Å². The molecule has 0 radical (unpaired) electrons. The number of amides is 1. The van der Waals surface area contributed by atoms with E-state index in [1.54, 1.807) is 5.32 Å². The monoisotopic (exact) mass is 564 g/mol. The first-order valence-electron chi connectivity index (χ1n) is 11.2. The predicted molar refractivity (Wildman–Crippen MR) is 127 cm³/mol. The maximum atomic E-state index is 15.3. The summed E-state index contributed by atoms with van der Waals surface area (Å²) in [7, 11) is 0. The SMILES string of the molecule is Nc1ncnn2cc(C(=O)NCC(F)(F)F)c(-c3ccc(Nc4nc5cc6c(cc5[nH]4)OC(F)(F)O6)c(F)c3)c12. The van der Waals surface area contributed by atoms with Crippen LogP contribution < -0.4 is 25.8 Å². The minimum Gasteiger partial charge on any atom is -0.395 e. The highest BCUT2D eigenvalue weighted by atomic mass is 19.4. The van der Waals surface area contributed by atoms with Crippen molar-refractivity contribution in [2.75, 3.05) is 17.6 Å². The summed E-state index contributed by atoms with van der Waals surface area (Å²) < 4.78 is 89.9. The second-order valence-electron chi connectivity index (χ2n) is 8.54. The molecule has 1 aliphatic rings. The number of ether oxygens (including phenoxy) is 2. The van der Waals surface area contributed by atoms with Crippen molar-refractivity contribution in [2.45, 2.75) is 12.5 Å². The van der Waals surface area contributed by atoms with Crippen LogP contribution in [0.25, 0.3) is 27.7 Å². The van der Waals surface area contributed by atoms with Crippen LogP contribution in [0, 0.1) is 5.82 Å². The summed E-state index contributed by atoms with van der Waals surface area (Å²) in [4.78, 5) is 23.5. The van der Waals surface area contributed by atoms with Crippen molar-refractivity contribution in [1.82, 2.24) is 29.9 Å². The fourth-order valence-corrected chi connectivity index (χ4v) is 4.19. The van der Waals surface area contributed by atoms with Gasteiger partial charge in [0.15, 0.2) is 17.3 Å². The molecule has 5 aromatic rings. The van der Waals surface area contributed by atoms with Crippen molar-refractivity contribution in [2.24, 2.45) is 0 Å². The number of hydrogen-bond donors (Lipinski definition) is 4. The van der Waals surface area contributed by atoms with E-state index >= 15 is 4.39 Å². The molecule has 206 valence electrons. The Morgan fingerprint density at radius 1 is 1.15 bits per heavy atom. The summed E-state index contributed by atoms with van der Waals surface area (Å²) in [6.45, 7) is -1.59. The average molecular weight is 564 g/mol. The van der Waals surface area contributed by atoms with Gasteiger partial charge in [-0.1, -0.05) is 6.07 Å². The van der Waals surface area contributed by atoms with Crippen molar-refractivity contribution in [3.05, 3.63) is 54.2 Å². The van der Waals surface area contributed by atoms with Crippen molar-refractivity contribution in [3.8, 4) is 22.6 Å². The average Bonchev–Trinajstić information content (AvgIpc) is 3.53. The largest absolute Gasteiger partial charge is 0.586 e. The maximum absolute atomic E-state index is 15.3. The van der Waals surface area contributed by atoms with Gasteiger partial charge in [0.1, 0.15) is 24.2 Å². The number of alkyl halides is 5. The normalized spacial score (nSPS) is 14.2. The molecular formula is C23H14F6N8O3. The molecule has 0 saturated heterocycles. The molecule has 0 atom stereocenters. The number of H-pyrrole nitrogens is 1. The van der Waals surface area contributed by atoms with Gasteiger partial charge < -0.3 is 30.8 Å². The molecule has 40 heavy (non-hydrogen) atoms. The van der Waals surface area contributed by atoms with Crippen LogP contribution in [0.5, 0.6) is 11.5 Å². The van der Waals surface area contributed by atoms with Crippen molar-refractivity contribution in [1.29, 1.82) is 0 Å². The molecule has 5 N–H and O–H groups in total. The molecule has 17 heteroatoms. The van der Waals surface area contributed by atoms with Crippen LogP contribution >= 0.6 is 0 Å². The number of carbonyl (C=O) groups is 1. The second kappa shape index (κ2) is 8.65. The number of aromatic nitrogens is 5. The Labute approximate surface area is 217 Å². The molecule has 11 nitrogen and oxygen atoms in total. The molecule has 3 aromatic heterocycles. The number of rotatable bonds is 5. The number of anilines is 3. The minimum absolute atomic E-state index is 0.0123. The van der Waals surface area contributed by atoms with E-state index in [0.29, 0.717) is 5.52 Å². The van der Waals surface area contributed by atoms with Crippen LogP contribution in [-0.2, 0) is 0 Å². The van der Waals surface area contributed by atoms with Crippen LogP contribution in [0.15, 0.2) is 42.9 Å². The molecule has 0 spiro atoms. The van der Waals surface area contributed by atoms with Gasteiger partial charge in [-0.15, -0.1) is 8.78 Å². The first-order chi connectivity index (χ1) is 18.9. The molecule has 0 aliphatic carbocycles. The quantitative estimate of drug-likeness (QED) is 0.231. The van der Waals surface area contributed by atoms with E-state index in [1.165, 1.54) is 24.3 Å². The fraction of sp³-hybridized carbons (Fsp3) is 0.130. The van der Waals surface area contributed by atoms with Gasteiger partial charge >= 0.3 is 12.5 Å². The lowest BCUT2D eigenvalue weighted by Crippen LogP contribution is -2.33. The smallest absolute Gasteiger partial charge is 0.395 e. The van der Waals surface area contributed by atoms with E-state index < -0.39 is 30.7 Å². The molecule has 0 saturated carbocycles. The van der Waals surface area contributed by atoms with Gasteiger partial charge in [-0.3, -0.25) is 4.79 Å². The topological polar surface area (TPSA) is 144 Å². The van der Waals surface area contributed by atoms with Gasteiger partial charge in [0.05, 0.1) is 22.3 Å². The number of halogens is 6. The molecular weight excluding hydrogens is 550 g/mol. The van der Waals surface area contributed by atoms with Gasteiger partial charge in [-0.25, -0.2) is 18.9 Å². The number of fused-ring (bicyclic) bond motifs is 3. The highest BCUT2D eigenvalue weighted by Crippen LogP contribution is 2.43. The van der Waals surface area contributed by atoms with Gasteiger partial charge in [0, 0.05) is 23.9 Å². The Morgan fingerprint density at radius 3 is 2.62 bits per heavy atom. The number of benzene rings is 2. The number of carbonyl (C=O) groups excluding carboxylic acids is 1. The zero-order valence-electron chi connectivity index (χ0n) is 19.6. The zero-order valence-corrected chi connectivity index (χ0v) is 19.6. The minimum atomic E-state index is -4.66. The fourth-order valence-electron chi connectivity index (χ4n) is 4.19. The Hall–Kier alpha value is -5.22. The number of nitrogens with two attached hydrogens (primary N) is 1. The highest BCUT2D eigenvalue weighted by molar-refractivity contribution is 6.07. The van der Waals surface area contributed by atoms with E-state index in [1.807, 2.05) is 0 Å². The molecule has 0 unspecified atom stereocenters. The number of nitrogens with zero attached hydrogens (tertiary/aromatic N) is 4. The van der Waals surface area contributed by atoms with Crippen molar-refractivity contribution >= 4 is 39.9 Å². The van der Waals surface area contributed by atoms with E-state index in [0.717, 1.165) is 23.1 Å². The summed E-state index contributed by atoms with van der Waals surface area (Å²) >= 11 is 0. The Bertz CT molecular complexity index is 1770. The Morgan fingerprint density at radius 2 is 1.90 bits per heavy atom. The van der Waals surface area contributed by atoms with Crippen LogP contribution in [0.3, 0.4) is 0 Å². The predicted octanol–water partition coefficient (Wildman–Crippen LogP) is 4.35. The number of nitrogen functional groups attached to an aromatic ring is 1. The van der Waals surface area contributed by atoms with Gasteiger partial charge in [-0.05, 0) is 17.7 Å². The lowest BCUT2D eigenvalue weighted by molar-refractivity contribution is -0.286. The lowest BCUT2D eigenvalue weighted by atomic mass is 10.0.